The highest BCUT2D eigenvalue weighted by Crippen LogP contribution is 2.17. The number of imidazole rings is 1. The lowest BCUT2D eigenvalue weighted by Gasteiger charge is -2.30. The Hall–Kier alpha value is -4.92. The molecule has 1 unspecified atom stereocenters. The van der Waals surface area contributed by atoms with E-state index in [0.29, 0.717) is 12.2 Å². The van der Waals surface area contributed by atoms with Crippen LogP contribution in [0.5, 0.6) is 0 Å². The van der Waals surface area contributed by atoms with Crippen LogP contribution >= 0.6 is 0 Å². The highest BCUT2D eigenvalue weighted by atomic mass is 16.5. The van der Waals surface area contributed by atoms with Gasteiger partial charge in [-0.15, -0.1) is 0 Å². The van der Waals surface area contributed by atoms with Crippen molar-refractivity contribution in [2.75, 3.05) is 18.0 Å². The molecule has 9 heteroatoms. The number of hydrogen-bond acceptors (Lipinski definition) is 5. The largest absolute Gasteiger partial charge is 0.445 e. The summed E-state index contributed by atoms with van der Waals surface area (Å²) in [4.78, 5) is 51.1. The summed E-state index contributed by atoms with van der Waals surface area (Å²) in [6, 6.07) is 25.5. The van der Waals surface area contributed by atoms with Crippen LogP contribution in [-0.2, 0) is 33.9 Å². The molecule has 0 saturated carbocycles. The van der Waals surface area contributed by atoms with E-state index in [9.17, 15) is 14.4 Å². The summed E-state index contributed by atoms with van der Waals surface area (Å²) in [6.45, 7) is 4.58. The number of anilines is 1. The second-order valence-electron chi connectivity index (χ2n) is 10.1. The number of hydrogen-bond donors (Lipinski definition) is 2. The van der Waals surface area contributed by atoms with Crippen molar-refractivity contribution in [1.82, 2.24) is 20.2 Å². The molecule has 0 radical (unpaired) electrons. The Balaban J connectivity index is 1.58. The number of carbonyl (C=O) groups excluding carboxylic acids is 3. The topological polar surface area (TPSA) is 108 Å². The fraction of sp³-hybridized carbons (Fsp3) is 0.273. The van der Waals surface area contributed by atoms with Crippen LogP contribution in [0.2, 0.25) is 0 Å². The van der Waals surface area contributed by atoms with Gasteiger partial charge in [0.15, 0.2) is 0 Å². The Morgan fingerprint density at radius 1 is 0.952 bits per heavy atom. The van der Waals surface area contributed by atoms with Crippen LogP contribution in [0.25, 0.3) is 0 Å². The maximum atomic E-state index is 14.2. The molecule has 2 N–H and O–H groups in total. The van der Waals surface area contributed by atoms with Crippen LogP contribution in [0.15, 0.2) is 97.5 Å². The van der Waals surface area contributed by atoms with E-state index in [1.54, 1.807) is 11.1 Å². The Bertz CT molecular complexity index is 1430. The molecule has 3 amide bonds. The molecule has 0 spiro atoms. The lowest BCUT2D eigenvalue weighted by atomic mass is 10.1. The quantitative estimate of drug-likeness (QED) is 0.236. The van der Waals surface area contributed by atoms with Crippen LogP contribution < -0.4 is 10.2 Å². The molecule has 0 fully saturated rings. The zero-order valence-electron chi connectivity index (χ0n) is 24.0. The number of nitrogens with zero attached hydrogens (tertiary/aromatic N) is 3. The van der Waals surface area contributed by atoms with Gasteiger partial charge in [0, 0.05) is 31.4 Å². The van der Waals surface area contributed by atoms with Crippen LogP contribution in [0.4, 0.5) is 10.5 Å². The number of carbonyl (C=O) groups is 3. The molecule has 0 aliphatic heterocycles. The fourth-order valence-electron chi connectivity index (χ4n) is 4.66. The Kier molecular flexibility index (Phi) is 10.9. The minimum absolute atomic E-state index is 0.0601. The van der Waals surface area contributed by atoms with Crippen molar-refractivity contribution in [3.8, 4) is 0 Å². The third-order valence-corrected chi connectivity index (χ3v) is 6.68. The average molecular weight is 568 g/mol. The van der Waals surface area contributed by atoms with Gasteiger partial charge in [-0.2, -0.15) is 0 Å². The maximum Gasteiger partial charge on any atom is 0.408 e. The number of ether oxygens (including phenoxy) is 1. The normalized spacial score (nSPS) is 11.4. The van der Waals surface area contributed by atoms with Crippen molar-refractivity contribution in [2.24, 2.45) is 0 Å². The third-order valence-electron chi connectivity index (χ3n) is 6.68. The summed E-state index contributed by atoms with van der Waals surface area (Å²) >= 11 is 0. The van der Waals surface area contributed by atoms with Gasteiger partial charge in [-0.3, -0.25) is 9.59 Å². The summed E-state index contributed by atoms with van der Waals surface area (Å²) in [5, 5.41) is 2.73. The van der Waals surface area contributed by atoms with Gasteiger partial charge in [0.25, 0.3) is 0 Å². The molecule has 1 aromatic heterocycles. The van der Waals surface area contributed by atoms with Gasteiger partial charge in [0.05, 0.1) is 12.0 Å². The number of H-pyrrole nitrogens is 1. The molecule has 0 aliphatic carbocycles. The second-order valence-corrected chi connectivity index (χ2v) is 10.1. The molecular weight excluding hydrogens is 530 g/mol. The van der Waals surface area contributed by atoms with Crippen molar-refractivity contribution < 1.29 is 19.1 Å². The predicted molar refractivity (Wildman–Crippen MR) is 162 cm³/mol. The standard InChI is InChI=1S/C33H37N5O4/c1-3-17-38(29-15-8-5-9-16-29)31(39)22-37(21-27-14-10-11-25(2)18-27)32(40)30(19-28-20-34-24-35-28)36-33(41)42-23-26-12-6-4-7-13-26/h4-16,18,20,24,30H,3,17,19,21-23H2,1-2H3,(H,34,35)(H,36,41). The van der Waals surface area contributed by atoms with Gasteiger partial charge in [-0.1, -0.05) is 85.3 Å². The Morgan fingerprint density at radius 2 is 1.67 bits per heavy atom. The van der Waals surface area contributed by atoms with E-state index in [4.69, 9.17) is 4.74 Å². The first-order valence-electron chi connectivity index (χ1n) is 14.1. The molecule has 4 aromatic rings. The number of aromatic nitrogens is 2. The minimum Gasteiger partial charge on any atom is -0.445 e. The number of alkyl carbamates (subject to hydrolysis) is 1. The highest BCUT2D eigenvalue weighted by molar-refractivity contribution is 5.97. The number of aryl methyl sites for hydroxylation is 1. The summed E-state index contributed by atoms with van der Waals surface area (Å²) < 4.78 is 5.43. The number of para-hydroxylation sites is 1. The van der Waals surface area contributed by atoms with Crippen molar-refractivity contribution in [1.29, 1.82) is 0 Å². The van der Waals surface area contributed by atoms with Gasteiger partial charge in [0.1, 0.15) is 19.2 Å². The van der Waals surface area contributed by atoms with Gasteiger partial charge < -0.3 is 24.8 Å². The molecular formula is C33H37N5O4. The first kappa shape index (κ1) is 30.0. The SMILES string of the molecule is CCCN(C(=O)CN(Cc1cccc(C)c1)C(=O)C(Cc1c[nH]cn1)NC(=O)OCc1ccccc1)c1ccccc1. The molecule has 3 aromatic carbocycles. The van der Waals surface area contributed by atoms with Gasteiger partial charge >= 0.3 is 6.09 Å². The van der Waals surface area contributed by atoms with Crippen LogP contribution in [0, 0.1) is 6.92 Å². The van der Waals surface area contributed by atoms with Gasteiger partial charge in [0.2, 0.25) is 11.8 Å². The summed E-state index contributed by atoms with van der Waals surface area (Å²) in [5.74, 6) is -0.622. The summed E-state index contributed by atoms with van der Waals surface area (Å²) in [5.41, 5.74) is 4.10. The monoisotopic (exact) mass is 567 g/mol. The fourth-order valence-corrected chi connectivity index (χ4v) is 4.66. The highest BCUT2D eigenvalue weighted by Gasteiger charge is 2.30. The van der Waals surface area contributed by atoms with Crippen LogP contribution in [0.3, 0.4) is 0 Å². The molecule has 42 heavy (non-hydrogen) atoms. The molecule has 4 rings (SSSR count). The van der Waals surface area contributed by atoms with Crippen molar-refractivity contribution in [3.63, 3.8) is 0 Å². The average Bonchev–Trinajstić information content (AvgIpc) is 3.52. The predicted octanol–water partition coefficient (Wildman–Crippen LogP) is 5.03. The van der Waals surface area contributed by atoms with E-state index in [-0.39, 0.29) is 32.0 Å². The smallest absolute Gasteiger partial charge is 0.408 e. The second kappa shape index (κ2) is 15.2. The van der Waals surface area contributed by atoms with Gasteiger partial charge in [-0.05, 0) is 36.6 Å². The van der Waals surface area contributed by atoms with Crippen molar-refractivity contribution >= 4 is 23.6 Å². The zero-order chi connectivity index (χ0) is 29.7. The number of benzene rings is 3. The van der Waals surface area contributed by atoms with Crippen LogP contribution in [0.1, 0.15) is 35.7 Å². The van der Waals surface area contributed by atoms with Crippen molar-refractivity contribution in [3.05, 3.63) is 120 Å². The molecule has 218 valence electrons. The number of amides is 3. The van der Waals surface area contributed by atoms with Crippen molar-refractivity contribution in [2.45, 2.75) is 45.9 Å². The molecule has 0 aliphatic rings. The first-order valence-corrected chi connectivity index (χ1v) is 14.1. The minimum atomic E-state index is -1.01. The molecule has 1 atom stereocenters. The van der Waals surface area contributed by atoms with E-state index in [1.807, 2.05) is 98.8 Å². The van der Waals surface area contributed by atoms with E-state index < -0.39 is 18.0 Å². The lowest BCUT2D eigenvalue weighted by molar-refractivity contribution is -0.137. The molecule has 0 saturated heterocycles. The number of rotatable bonds is 13. The maximum absolute atomic E-state index is 14.2. The first-order chi connectivity index (χ1) is 20.4. The Labute approximate surface area is 246 Å². The number of nitrogens with one attached hydrogen (secondary N) is 2. The lowest BCUT2D eigenvalue weighted by Crippen LogP contribution is -2.52. The molecule has 9 nitrogen and oxygen atoms in total. The zero-order valence-corrected chi connectivity index (χ0v) is 24.0. The van der Waals surface area contributed by atoms with E-state index >= 15 is 0 Å². The molecule has 1 heterocycles. The number of aromatic amines is 1. The van der Waals surface area contributed by atoms with E-state index in [1.165, 1.54) is 11.2 Å². The van der Waals surface area contributed by atoms with Crippen LogP contribution in [-0.4, -0.2) is 51.9 Å². The van der Waals surface area contributed by atoms with Gasteiger partial charge in [-0.25, -0.2) is 9.78 Å². The van der Waals surface area contributed by atoms with E-state index in [0.717, 1.165) is 28.8 Å². The Morgan fingerprint density at radius 3 is 2.33 bits per heavy atom. The van der Waals surface area contributed by atoms with E-state index in [2.05, 4.69) is 15.3 Å². The summed E-state index contributed by atoms with van der Waals surface area (Å²) in [6.07, 6.45) is 3.33. The summed E-state index contributed by atoms with van der Waals surface area (Å²) in [7, 11) is 0. The third kappa shape index (κ3) is 8.79. The molecule has 0 bridgehead atoms.